The third-order valence-electron chi connectivity index (χ3n) is 3.25. The Morgan fingerprint density at radius 2 is 1.53 bits per heavy atom. The van der Waals surface area contributed by atoms with Crippen molar-refractivity contribution in [2.45, 2.75) is 37.4 Å². The van der Waals surface area contributed by atoms with Crippen LogP contribution in [0.25, 0.3) is 0 Å². The minimum Gasteiger partial charge on any atom is -0.294 e. The number of imide groups is 1. The number of nitrogens with one attached hydrogen (secondary N) is 1. The third kappa shape index (κ3) is 2.66. The van der Waals surface area contributed by atoms with E-state index in [1.54, 1.807) is 0 Å². The minimum atomic E-state index is -3.50. The molecule has 0 aromatic heterocycles. The molecule has 0 radical (unpaired) electrons. The van der Waals surface area contributed by atoms with E-state index in [4.69, 9.17) is 0 Å². The molecular weight excluding hydrogens is 244 g/mol. The van der Waals surface area contributed by atoms with Crippen molar-refractivity contribution in [3.8, 4) is 0 Å². The van der Waals surface area contributed by atoms with Gasteiger partial charge in [0.2, 0.25) is 21.8 Å². The van der Waals surface area contributed by atoms with Crippen LogP contribution in [0.2, 0.25) is 0 Å². The average Bonchev–Trinajstić information content (AvgIpc) is 2.29. The maximum atomic E-state index is 12.2. The van der Waals surface area contributed by atoms with Gasteiger partial charge in [-0.1, -0.05) is 19.3 Å². The Bertz CT molecular complexity index is 410. The van der Waals surface area contributed by atoms with Gasteiger partial charge in [0.15, 0.2) is 0 Å². The molecule has 0 aromatic carbocycles. The summed E-state index contributed by atoms with van der Waals surface area (Å²) in [4.78, 5) is 22.4. The molecule has 17 heavy (non-hydrogen) atoms. The number of amides is 2. The van der Waals surface area contributed by atoms with Crippen LogP contribution in [0.15, 0.2) is 0 Å². The molecule has 2 rings (SSSR count). The van der Waals surface area contributed by atoms with Crippen molar-refractivity contribution in [2.75, 3.05) is 13.1 Å². The van der Waals surface area contributed by atoms with Crippen LogP contribution < -0.4 is 5.32 Å². The van der Waals surface area contributed by atoms with Crippen molar-refractivity contribution in [3.63, 3.8) is 0 Å². The Labute approximate surface area is 100 Å². The Morgan fingerprint density at radius 3 is 2.06 bits per heavy atom. The number of nitrogens with zero attached hydrogens (tertiary/aromatic N) is 1. The molecule has 2 amide bonds. The molecule has 96 valence electrons. The normalized spacial score (nSPS) is 24.7. The van der Waals surface area contributed by atoms with Crippen molar-refractivity contribution < 1.29 is 18.0 Å². The van der Waals surface area contributed by atoms with E-state index in [0.717, 1.165) is 23.6 Å². The summed E-state index contributed by atoms with van der Waals surface area (Å²) >= 11 is 0. The zero-order valence-corrected chi connectivity index (χ0v) is 10.3. The molecule has 1 saturated heterocycles. The predicted molar refractivity (Wildman–Crippen MR) is 60.5 cm³/mol. The number of rotatable bonds is 2. The molecule has 0 bridgehead atoms. The van der Waals surface area contributed by atoms with Crippen molar-refractivity contribution in [1.29, 1.82) is 0 Å². The van der Waals surface area contributed by atoms with Gasteiger partial charge in [-0.15, -0.1) is 0 Å². The standard InChI is InChI=1S/C10H16N2O4S/c13-9-6-12(7-10(14)11-9)17(15,16)8-4-2-1-3-5-8/h8H,1-7H2,(H,11,13,14). The first-order valence-corrected chi connectivity index (χ1v) is 7.32. The van der Waals surface area contributed by atoms with E-state index in [0.29, 0.717) is 12.8 Å². The van der Waals surface area contributed by atoms with E-state index in [1.165, 1.54) is 0 Å². The lowest BCUT2D eigenvalue weighted by molar-refractivity contribution is -0.134. The highest BCUT2D eigenvalue weighted by Crippen LogP contribution is 2.26. The van der Waals surface area contributed by atoms with Gasteiger partial charge < -0.3 is 0 Å². The largest absolute Gasteiger partial charge is 0.294 e. The number of carbonyl (C=O) groups excluding carboxylic acids is 2. The first-order chi connectivity index (χ1) is 8.00. The molecule has 1 aliphatic carbocycles. The molecular formula is C10H16N2O4S. The molecule has 0 unspecified atom stereocenters. The summed E-state index contributed by atoms with van der Waals surface area (Å²) in [6.07, 6.45) is 4.13. The summed E-state index contributed by atoms with van der Waals surface area (Å²) in [5, 5.41) is 1.68. The van der Waals surface area contributed by atoms with Gasteiger partial charge >= 0.3 is 0 Å². The Kier molecular flexibility index (Phi) is 3.48. The van der Waals surface area contributed by atoms with Crippen LogP contribution in [-0.2, 0) is 19.6 Å². The van der Waals surface area contributed by atoms with Crippen LogP contribution in [0, 0.1) is 0 Å². The van der Waals surface area contributed by atoms with Gasteiger partial charge in [-0.3, -0.25) is 14.9 Å². The van der Waals surface area contributed by atoms with E-state index < -0.39 is 27.1 Å². The van der Waals surface area contributed by atoms with Crippen LogP contribution in [0.5, 0.6) is 0 Å². The topological polar surface area (TPSA) is 83.6 Å². The van der Waals surface area contributed by atoms with Gasteiger partial charge in [0, 0.05) is 0 Å². The highest BCUT2D eigenvalue weighted by atomic mass is 32.2. The smallest absolute Gasteiger partial charge is 0.241 e. The molecule has 1 aliphatic heterocycles. The highest BCUT2D eigenvalue weighted by Gasteiger charge is 2.37. The molecule has 7 heteroatoms. The quantitative estimate of drug-likeness (QED) is 0.685. The lowest BCUT2D eigenvalue weighted by Crippen LogP contribution is -2.55. The highest BCUT2D eigenvalue weighted by molar-refractivity contribution is 7.89. The third-order valence-corrected chi connectivity index (χ3v) is 5.54. The molecule has 6 nitrogen and oxygen atoms in total. The molecule has 0 aromatic rings. The second-order valence-electron chi connectivity index (χ2n) is 4.54. The fourth-order valence-electron chi connectivity index (χ4n) is 2.36. The molecule has 1 saturated carbocycles. The summed E-state index contributed by atoms with van der Waals surface area (Å²) in [6, 6.07) is 0. The van der Waals surface area contributed by atoms with Crippen LogP contribution in [0.4, 0.5) is 0 Å². The van der Waals surface area contributed by atoms with Crippen LogP contribution in [-0.4, -0.2) is 42.9 Å². The fourth-order valence-corrected chi connectivity index (χ4v) is 4.31. The molecule has 1 heterocycles. The van der Waals surface area contributed by atoms with Gasteiger partial charge in [-0.05, 0) is 12.8 Å². The Balaban J connectivity index is 2.13. The first-order valence-electron chi connectivity index (χ1n) is 5.82. The van der Waals surface area contributed by atoms with Gasteiger partial charge in [0.25, 0.3) is 0 Å². The number of carbonyl (C=O) groups is 2. The summed E-state index contributed by atoms with van der Waals surface area (Å²) in [6.45, 7) is -0.463. The van der Waals surface area contributed by atoms with Crippen LogP contribution in [0.3, 0.4) is 0 Å². The second kappa shape index (κ2) is 4.73. The maximum Gasteiger partial charge on any atom is 0.241 e. The monoisotopic (exact) mass is 260 g/mol. The zero-order valence-electron chi connectivity index (χ0n) is 9.52. The number of hydrogen-bond acceptors (Lipinski definition) is 4. The second-order valence-corrected chi connectivity index (χ2v) is 6.76. The van der Waals surface area contributed by atoms with Crippen LogP contribution >= 0.6 is 0 Å². The van der Waals surface area contributed by atoms with Crippen molar-refractivity contribution >= 4 is 21.8 Å². The van der Waals surface area contributed by atoms with Gasteiger partial charge in [-0.2, -0.15) is 4.31 Å². The van der Waals surface area contributed by atoms with E-state index in [1.807, 2.05) is 0 Å². The Hall–Kier alpha value is -0.950. The molecule has 2 fully saturated rings. The summed E-state index contributed by atoms with van der Waals surface area (Å²) in [5.41, 5.74) is 0. The van der Waals surface area contributed by atoms with Gasteiger partial charge in [0.1, 0.15) is 0 Å². The molecule has 2 aliphatic rings. The average molecular weight is 260 g/mol. The SMILES string of the molecule is O=C1CN(S(=O)(=O)C2CCCCC2)CC(=O)N1. The van der Waals surface area contributed by atoms with Gasteiger partial charge in [0.05, 0.1) is 18.3 Å². The summed E-state index contributed by atoms with van der Waals surface area (Å²) < 4.78 is 25.5. The van der Waals surface area contributed by atoms with E-state index in [2.05, 4.69) is 5.32 Å². The number of piperazine rings is 1. The number of sulfonamides is 1. The van der Waals surface area contributed by atoms with E-state index in [-0.39, 0.29) is 13.1 Å². The lowest BCUT2D eigenvalue weighted by atomic mass is 10.0. The first kappa shape index (κ1) is 12.5. The lowest BCUT2D eigenvalue weighted by Gasteiger charge is -2.30. The van der Waals surface area contributed by atoms with E-state index in [9.17, 15) is 18.0 Å². The fraction of sp³-hybridized carbons (Fsp3) is 0.800. The van der Waals surface area contributed by atoms with Gasteiger partial charge in [-0.25, -0.2) is 8.42 Å². The molecule has 1 N–H and O–H groups in total. The van der Waals surface area contributed by atoms with Crippen molar-refractivity contribution in [1.82, 2.24) is 9.62 Å². The van der Waals surface area contributed by atoms with Crippen molar-refractivity contribution in [3.05, 3.63) is 0 Å². The zero-order chi connectivity index (χ0) is 12.5. The molecule has 0 spiro atoms. The number of hydrogen-bond donors (Lipinski definition) is 1. The molecule has 0 atom stereocenters. The summed E-state index contributed by atoms with van der Waals surface area (Å²) in [5.74, 6) is -1.08. The van der Waals surface area contributed by atoms with Crippen LogP contribution in [0.1, 0.15) is 32.1 Å². The predicted octanol–water partition coefficient (Wildman–Crippen LogP) is -0.393. The van der Waals surface area contributed by atoms with Crippen molar-refractivity contribution in [2.24, 2.45) is 0 Å². The Morgan fingerprint density at radius 1 is 1.00 bits per heavy atom. The summed E-state index contributed by atoms with van der Waals surface area (Å²) in [7, 11) is -3.50. The van der Waals surface area contributed by atoms with E-state index >= 15 is 0 Å². The maximum absolute atomic E-state index is 12.2. The minimum absolute atomic E-state index is 0.232.